The van der Waals surface area contributed by atoms with Gasteiger partial charge in [0, 0.05) is 0 Å². The van der Waals surface area contributed by atoms with Crippen LogP contribution < -0.4 is 0 Å². The van der Waals surface area contributed by atoms with E-state index in [-0.39, 0.29) is 0 Å². The monoisotopic (exact) mass is 178 g/mol. The van der Waals surface area contributed by atoms with Crippen molar-refractivity contribution in [3.8, 4) is 0 Å². The van der Waals surface area contributed by atoms with Crippen molar-refractivity contribution in [1.29, 1.82) is 0 Å². The van der Waals surface area contributed by atoms with Crippen molar-refractivity contribution in [2.24, 2.45) is 0 Å². The second-order valence-corrected chi connectivity index (χ2v) is 1.91. The molecule has 0 atom stereocenters. The third-order valence-electron chi connectivity index (χ3n) is 1.16. The van der Waals surface area contributed by atoms with Gasteiger partial charge in [-0.2, -0.15) is 0 Å². The summed E-state index contributed by atoms with van der Waals surface area (Å²) in [5.41, 5.74) is 1.26. The van der Waals surface area contributed by atoms with Gasteiger partial charge in [0.15, 0.2) is 0 Å². The van der Waals surface area contributed by atoms with Gasteiger partial charge in [-0.25, -0.2) is 0 Å². The van der Waals surface area contributed by atoms with E-state index in [4.69, 9.17) is 0 Å². The van der Waals surface area contributed by atoms with E-state index in [2.05, 4.69) is 18.2 Å². The first kappa shape index (κ1) is 14.5. The van der Waals surface area contributed by atoms with E-state index in [1.165, 1.54) is 5.56 Å². The van der Waals surface area contributed by atoms with E-state index in [1.54, 1.807) is 0 Å². The molecule has 0 unspecified atom stereocenters. The smallest absolute Gasteiger partial charge is 0.0260 e. The van der Waals surface area contributed by atoms with Crippen LogP contribution in [0.25, 0.3) is 6.08 Å². The largest absolute Gasteiger partial charge is 0.0871 e. The molecule has 0 heteroatoms. The first-order chi connectivity index (χ1) is 6.43. The van der Waals surface area contributed by atoms with E-state index < -0.39 is 0 Å². The summed E-state index contributed by atoms with van der Waals surface area (Å²) in [6.45, 7) is 10.0. The zero-order chi connectivity index (χ0) is 10.5. The predicted octanol–water partition coefficient (Wildman–Crippen LogP) is 4.77. The summed E-state index contributed by atoms with van der Waals surface area (Å²) in [5.74, 6) is 0. The lowest BCUT2D eigenvalue weighted by Gasteiger charge is -1.86. The first-order valence-electron chi connectivity index (χ1n) is 5.11. The molecule has 0 saturated carbocycles. The molecule has 0 amide bonds. The number of benzene rings is 1. The highest BCUT2D eigenvalue weighted by Gasteiger charge is 1.77. The summed E-state index contributed by atoms with van der Waals surface area (Å²) in [6, 6.07) is 10.3. The summed E-state index contributed by atoms with van der Waals surface area (Å²) >= 11 is 0. The molecule has 0 aliphatic rings. The van der Waals surface area contributed by atoms with Gasteiger partial charge in [-0.15, -0.1) is 0 Å². The second-order valence-electron chi connectivity index (χ2n) is 1.91. The number of hydrogen-bond acceptors (Lipinski definition) is 0. The van der Waals surface area contributed by atoms with Gasteiger partial charge in [-0.05, 0) is 12.5 Å². The van der Waals surface area contributed by atoms with Crippen molar-refractivity contribution in [1.82, 2.24) is 0 Å². The average molecular weight is 178 g/mol. The van der Waals surface area contributed by atoms with Crippen LogP contribution in [0.5, 0.6) is 0 Å². The third kappa shape index (κ3) is 8.87. The fourth-order valence-electron chi connectivity index (χ4n) is 0.757. The van der Waals surface area contributed by atoms with Crippen LogP contribution in [0.2, 0.25) is 0 Å². The van der Waals surface area contributed by atoms with Crippen LogP contribution in [0.3, 0.4) is 0 Å². The molecule has 74 valence electrons. The molecule has 0 spiro atoms. The van der Waals surface area contributed by atoms with E-state index in [0.29, 0.717) is 0 Å². The quantitative estimate of drug-likeness (QED) is 0.581. The Balaban J connectivity index is 0. The number of allylic oxidation sites excluding steroid dienone is 1. The Hall–Kier alpha value is -1.04. The maximum absolute atomic E-state index is 2.08. The Bertz CT molecular complexity index is 184. The Kier molecular flexibility index (Phi) is 15.1. The third-order valence-corrected chi connectivity index (χ3v) is 1.16. The van der Waals surface area contributed by atoms with Gasteiger partial charge in [-0.3, -0.25) is 0 Å². The number of hydrogen-bond donors (Lipinski definition) is 0. The van der Waals surface area contributed by atoms with E-state index >= 15 is 0 Å². The highest BCUT2D eigenvalue weighted by molar-refractivity contribution is 5.47. The second kappa shape index (κ2) is 13.5. The Morgan fingerprint density at radius 1 is 0.846 bits per heavy atom. The molecular weight excluding hydrogens is 156 g/mol. The maximum atomic E-state index is 2.08. The van der Waals surface area contributed by atoms with Crippen molar-refractivity contribution in [3.05, 3.63) is 42.0 Å². The summed E-state index contributed by atoms with van der Waals surface area (Å²) < 4.78 is 0. The average Bonchev–Trinajstić information content (AvgIpc) is 2.26. The fraction of sp³-hybridized carbons (Fsp3) is 0.385. The SMILES string of the molecule is C/C=C/c1ccccc1.CC.CC. The van der Waals surface area contributed by atoms with Crippen LogP contribution in [0.15, 0.2) is 36.4 Å². The topological polar surface area (TPSA) is 0 Å². The molecule has 0 radical (unpaired) electrons. The lowest BCUT2D eigenvalue weighted by molar-refractivity contribution is 1.50. The minimum Gasteiger partial charge on any atom is -0.0871 e. The van der Waals surface area contributed by atoms with Gasteiger partial charge in [-0.1, -0.05) is 70.2 Å². The molecule has 0 heterocycles. The zero-order valence-corrected chi connectivity index (χ0v) is 9.54. The molecule has 1 aromatic rings. The maximum Gasteiger partial charge on any atom is -0.0260 e. The molecule has 0 aliphatic heterocycles. The van der Waals surface area contributed by atoms with Gasteiger partial charge < -0.3 is 0 Å². The molecule has 0 saturated heterocycles. The van der Waals surface area contributed by atoms with Crippen LogP contribution in [0, 0.1) is 0 Å². The van der Waals surface area contributed by atoms with Crippen molar-refractivity contribution >= 4 is 6.08 Å². The molecule has 0 aromatic heterocycles. The molecule has 0 bridgehead atoms. The van der Waals surface area contributed by atoms with E-state index in [0.717, 1.165) is 0 Å². The van der Waals surface area contributed by atoms with Gasteiger partial charge in [0.25, 0.3) is 0 Å². The molecule has 0 nitrogen and oxygen atoms in total. The Labute approximate surface area is 83.3 Å². The summed E-state index contributed by atoms with van der Waals surface area (Å²) in [5, 5.41) is 0. The Morgan fingerprint density at radius 3 is 1.69 bits per heavy atom. The van der Waals surface area contributed by atoms with Crippen LogP contribution in [0.4, 0.5) is 0 Å². The molecule has 1 aromatic carbocycles. The zero-order valence-electron chi connectivity index (χ0n) is 9.54. The molecule has 0 aliphatic carbocycles. The lowest BCUT2D eigenvalue weighted by Crippen LogP contribution is -1.65. The molecule has 0 fully saturated rings. The highest BCUT2D eigenvalue weighted by Crippen LogP contribution is 1.99. The number of rotatable bonds is 1. The Morgan fingerprint density at radius 2 is 1.31 bits per heavy atom. The van der Waals surface area contributed by atoms with Crippen LogP contribution in [0.1, 0.15) is 40.2 Å². The van der Waals surface area contributed by atoms with Gasteiger partial charge in [0.1, 0.15) is 0 Å². The lowest BCUT2D eigenvalue weighted by atomic mass is 10.2. The standard InChI is InChI=1S/C9H10.2C2H6/c1-2-6-9-7-4-3-5-8-9;2*1-2/h2-8H,1H3;2*1-2H3/b6-2+;;. The minimum absolute atomic E-state index is 1.26. The van der Waals surface area contributed by atoms with Crippen LogP contribution >= 0.6 is 0 Å². The van der Waals surface area contributed by atoms with Crippen LogP contribution in [-0.4, -0.2) is 0 Å². The van der Waals surface area contributed by atoms with Crippen molar-refractivity contribution < 1.29 is 0 Å². The fourth-order valence-corrected chi connectivity index (χ4v) is 0.757. The normalized spacial score (nSPS) is 8.08. The summed E-state index contributed by atoms with van der Waals surface area (Å²) in [6.07, 6.45) is 4.12. The van der Waals surface area contributed by atoms with E-state index in [9.17, 15) is 0 Å². The molecule has 1 rings (SSSR count). The van der Waals surface area contributed by atoms with Gasteiger partial charge in [0.05, 0.1) is 0 Å². The van der Waals surface area contributed by atoms with Gasteiger partial charge >= 0.3 is 0 Å². The minimum atomic E-state index is 1.26. The molecule has 0 N–H and O–H groups in total. The molecular formula is C13H22. The first-order valence-corrected chi connectivity index (χ1v) is 5.11. The van der Waals surface area contributed by atoms with E-state index in [1.807, 2.05) is 58.9 Å². The van der Waals surface area contributed by atoms with Crippen molar-refractivity contribution in [2.45, 2.75) is 34.6 Å². The van der Waals surface area contributed by atoms with Crippen LogP contribution in [-0.2, 0) is 0 Å². The van der Waals surface area contributed by atoms with Crippen molar-refractivity contribution in [3.63, 3.8) is 0 Å². The van der Waals surface area contributed by atoms with Gasteiger partial charge in [0.2, 0.25) is 0 Å². The predicted molar refractivity (Wildman–Crippen MR) is 63.8 cm³/mol. The summed E-state index contributed by atoms with van der Waals surface area (Å²) in [7, 11) is 0. The summed E-state index contributed by atoms with van der Waals surface area (Å²) in [4.78, 5) is 0. The van der Waals surface area contributed by atoms with Crippen molar-refractivity contribution in [2.75, 3.05) is 0 Å². The highest BCUT2D eigenvalue weighted by atomic mass is 13.8. The molecule has 13 heavy (non-hydrogen) atoms.